The van der Waals surface area contributed by atoms with Gasteiger partial charge >= 0.3 is 5.97 Å². The molecule has 0 radical (unpaired) electrons. The molecule has 10 rings (SSSR count). The number of allylic oxidation sites excluding steroid dienone is 4. The van der Waals surface area contributed by atoms with Crippen LogP contribution in [0.15, 0.2) is 75.2 Å². The summed E-state index contributed by atoms with van der Waals surface area (Å²) >= 11 is 1.61. The van der Waals surface area contributed by atoms with Crippen molar-refractivity contribution in [1.82, 2.24) is 0 Å². The first kappa shape index (κ1) is 45.9. The maximum Gasteiger partial charge on any atom is 0.333 e. The first-order valence-electron chi connectivity index (χ1n) is 22.7. The monoisotopic (exact) mass is 911 g/mol. The van der Waals surface area contributed by atoms with Crippen LogP contribution in [0, 0.1) is 17.8 Å². The maximum absolute atomic E-state index is 15.7. The fraction of sp³-hybridized carbons (Fsp3) is 0.549. The van der Waals surface area contributed by atoms with Crippen molar-refractivity contribution in [2.24, 2.45) is 22.7 Å². The summed E-state index contributed by atoms with van der Waals surface area (Å²) in [4.78, 5) is 35.1. The molecule has 2 aromatic rings. The molecule has 8 aliphatic rings. The lowest BCUT2D eigenvalue weighted by atomic mass is 9.46. The molecular formula is C51H61NO12S. The molecule has 348 valence electrons. The molecule has 5 fully saturated rings. The molecule has 13 nitrogen and oxygen atoms in total. The zero-order valence-electron chi connectivity index (χ0n) is 38.5. The fourth-order valence-corrected chi connectivity index (χ4v) is 13.1. The van der Waals surface area contributed by atoms with Gasteiger partial charge in [-0.3, -0.25) is 9.79 Å². The van der Waals surface area contributed by atoms with Crippen LogP contribution < -0.4 is 14.2 Å². The predicted molar refractivity (Wildman–Crippen MR) is 245 cm³/mol. The standard InChI is InChI=1S/C51H61NO12S/c1-25(2)13-12-20-49(8)21-19-29-41(62-49)28(17-16-26(3)4)43-35(42(29)61-47-40(56)39(55)38(54)32(24-53)60-47)37-36-44(65-33-15-11-10-14-31(33)52-37)30-23-34-48(6,7)64-50(45(30)57,51(34,36)63-43)22-18-27(5)46(58)59-9/h10-11,13-16,18-19,21,30,32,34,36,38-40,44,47,53-56H,12,17,20,22-24H2,1-9H3/t30?,32-,34?,36?,38-,39+,40-,44?,47+,49?,50?,51?/m0/s1. The summed E-state index contributed by atoms with van der Waals surface area (Å²) in [5.74, 6) is -0.961. The molecule has 1 spiro atoms. The van der Waals surface area contributed by atoms with Gasteiger partial charge in [0.05, 0.1) is 47.8 Å². The van der Waals surface area contributed by atoms with Gasteiger partial charge in [0, 0.05) is 39.5 Å². The number of hydrogen-bond acceptors (Lipinski definition) is 14. The summed E-state index contributed by atoms with van der Waals surface area (Å²) in [6, 6.07) is 7.85. The van der Waals surface area contributed by atoms with Crippen LogP contribution in [0.25, 0.3) is 6.08 Å². The van der Waals surface area contributed by atoms with Gasteiger partial charge in [0.25, 0.3) is 0 Å². The lowest BCUT2D eigenvalue weighted by Gasteiger charge is -2.63. The highest BCUT2D eigenvalue weighted by molar-refractivity contribution is 8.00. The largest absolute Gasteiger partial charge is 0.482 e. The van der Waals surface area contributed by atoms with E-state index >= 15 is 4.79 Å². The number of methoxy groups -OCH3 is 1. The molecule has 65 heavy (non-hydrogen) atoms. The number of hydrogen-bond donors (Lipinski definition) is 4. The number of carbonyl (C=O) groups excluding carboxylic acids is 2. The van der Waals surface area contributed by atoms with Crippen LogP contribution in [-0.2, 0) is 30.2 Å². The van der Waals surface area contributed by atoms with Crippen LogP contribution in [0.2, 0.25) is 0 Å². The Morgan fingerprint density at radius 1 is 0.969 bits per heavy atom. The lowest BCUT2D eigenvalue weighted by Crippen LogP contribution is -2.79. The number of Topliss-reactive ketones (excluding diaryl/α,β-unsaturated/α-hetero) is 1. The van der Waals surface area contributed by atoms with E-state index in [0.29, 0.717) is 64.4 Å². The highest BCUT2D eigenvalue weighted by atomic mass is 32.2. The van der Waals surface area contributed by atoms with Crippen molar-refractivity contribution in [3.8, 4) is 17.2 Å². The number of ether oxygens (including phenoxy) is 6. The highest BCUT2D eigenvalue weighted by Gasteiger charge is 2.85. The zero-order chi connectivity index (χ0) is 46.5. The number of ketones is 1. The normalized spacial score (nSPS) is 35.5. The van der Waals surface area contributed by atoms with E-state index in [2.05, 4.69) is 26.0 Å². The van der Waals surface area contributed by atoms with Gasteiger partial charge in [-0.05, 0) is 105 Å². The summed E-state index contributed by atoms with van der Waals surface area (Å²) < 4.78 is 40.4. The lowest BCUT2D eigenvalue weighted by molar-refractivity contribution is -0.277. The molecule has 0 aromatic heterocycles. The Hall–Kier alpha value is -4.28. The summed E-state index contributed by atoms with van der Waals surface area (Å²) in [6.45, 7) is 15.2. The second-order valence-electron chi connectivity index (χ2n) is 19.9. The van der Waals surface area contributed by atoms with Crippen molar-refractivity contribution in [2.75, 3.05) is 13.7 Å². The van der Waals surface area contributed by atoms with Gasteiger partial charge in [0.2, 0.25) is 6.29 Å². The third-order valence-corrected chi connectivity index (χ3v) is 16.1. The van der Waals surface area contributed by atoms with Crippen molar-refractivity contribution < 1.29 is 58.4 Å². The number of fused-ring (bicyclic) bond motifs is 4. The third kappa shape index (κ3) is 7.07. The molecule has 3 aliphatic carbocycles. The second kappa shape index (κ2) is 16.5. The number of aliphatic hydroxyl groups excluding tert-OH is 4. The quantitative estimate of drug-likeness (QED) is 0.104. The number of para-hydroxylation sites is 1. The van der Waals surface area contributed by atoms with Crippen molar-refractivity contribution in [3.63, 3.8) is 0 Å². The van der Waals surface area contributed by atoms with Crippen LogP contribution in [0.3, 0.4) is 0 Å². The Kier molecular flexibility index (Phi) is 11.6. The number of benzene rings is 2. The first-order chi connectivity index (χ1) is 30.8. The van der Waals surface area contributed by atoms with Crippen LogP contribution in [-0.4, -0.2) is 110 Å². The molecule has 0 amide bonds. The number of esters is 1. The van der Waals surface area contributed by atoms with Gasteiger partial charge < -0.3 is 48.8 Å². The van der Waals surface area contributed by atoms with Gasteiger partial charge in [-0.2, -0.15) is 0 Å². The fourth-order valence-electron chi connectivity index (χ4n) is 11.5. The summed E-state index contributed by atoms with van der Waals surface area (Å²) in [6.07, 6.45) is 4.38. The summed E-state index contributed by atoms with van der Waals surface area (Å²) in [5.41, 5.74) is 0.971. The minimum atomic E-state index is -1.73. The van der Waals surface area contributed by atoms with Crippen molar-refractivity contribution in [2.45, 2.75) is 151 Å². The predicted octanol–water partition coefficient (Wildman–Crippen LogP) is 6.90. The van der Waals surface area contributed by atoms with Crippen molar-refractivity contribution >= 4 is 41.0 Å². The minimum Gasteiger partial charge on any atom is -0.482 e. The smallest absolute Gasteiger partial charge is 0.333 e. The molecule has 12 atom stereocenters. The van der Waals surface area contributed by atoms with Crippen LogP contribution in [0.4, 0.5) is 5.69 Å². The minimum absolute atomic E-state index is 0.0385. The first-order valence-corrected chi connectivity index (χ1v) is 23.6. The highest BCUT2D eigenvalue weighted by Crippen LogP contribution is 2.73. The summed E-state index contributed by atoms with van der Waals surface area (Å²) in [7, 11) is 1.33. The number of aliphatic imine (C=N–C) groups is 1. The third-order valence-electron chi connectivity index (χ3n) is 14.7. The molecule has 14 heteroatoms. The molecule has 5 heterocycles. The molecular weight excluding hydrogens is 851 g/mol. The van der Waals surface area contributed by atoms with Crippen LogP contribution in [0.5, 0.6) is 17.2 Å². The second-order valence-corrected chi connectivity index (χ2v) is 21.1. The molecule has 5 aliphatic heterocycles. The number of nitrogens with zero attached hydrogens (tertiary/aromatic N) is 1. The molecule has 7 unspecified atom stereocenters. The Labute approximate surface area is 384 Å². The average molecular weight is 912 g/mol. The van der Waals surface area contributed by atoms with Gasteiger partial charge in [-0.25, -0.2) is 4.79 Å². The van der Waals surface area contributed by atoms with Gasteiger partial charge in [-0.1, -0.05) is 41.5 Å². The van der Waals surface area contributed by atoms with Gasteiger partial charge in [-0.15, -0.1) is 11.8 Å². The van der Waals surface area contributed by atoms with Crippen LogP contribution in [0.1, 0.15) is 97.8 Å². The molecule has 4 N–H and O–H groups in total. The van der Waals surface area contributed by atoms with E-state index in [-0.39, 0.29) is 29.1 Å². The van der Waals surface area contributed by atoms with Crippen LogP contribution >= 0.6 is 11.8 Å². The average Bonchev–Trinajstić information content (AvgIpc) is 3.34. The van der Waals surface area contributed by atoms with E-state index < -0.39 is 77.5 Å². The van der Waals surface area contributed by atoms with E-state index in [0.717, 1.165) is 16.9 Å². The van der Waals surface area contributed by atoms with E-state index in [1.165, 1.54) is 12.7 Å². The Bertz CT molecular complexity index is 2460. The number of rotatable bonds is 11. The SMILES string of the molecule is COC(=O)C(C)=CCC12OC(C)(C)C3CC(C1=O)C1Sc4ccccc4N=C4c5c(O[C@H]6O[C@@H](CO)[C@H](O)[C@@H](O)[C@@H]6O)c6c(c(CC=C(C)C)c5OC32C41)OC(C)(CCC=C(C)C)C=C6. The molecule has 2 saturated heterocycles. The number of thioether (sulfide) groups is 1. The number of carbonyl (C=O) groups is 2. The molecule has 3 saturated carbocycles. The van der Waals surface area contributed by atoms with Crippen molar-refractivity contribution in [3.05, 3.63) is 82.0 Å². The molecule has 4 bridgehead atoms. The van der Waals surface area contributed by atoms with E-state index in [1.54, 1.807) is 24.8 Å². The Morgan fingerprint density at radius 3 is 2.42 bits per heavy atom. The Morgan fingerprint density at radius 2 is 1.71 bits per heavy atom. The van der Waals surface area contributed by atoms with Crippen molar-refractivity contribution in [1.29, 1.82) is 0 Å². The topological polar surface area (TPSA) is 183 Å². The summed E-state index contributed by atoms with van der Waals surface area (Å²) in [5, 5.41) is 43.3. The zero-order valence-corrected chi connectivity index (χ0v) is 39.4. The van der Waals surface area contributed by atoms with E-state index in [9.17, 15) is 25.2 Å². The van der Waals surface area contributed by atoms with Gasteiger partial charge in [0.15, 0.2) is 17.0 Å². The van der Waals surface area contributed by atoms with Gasteiger partial charge in [0.1, 0.15) is 47.3 Å². The maximum atomic E-state index is 15.7. The Balaban J connectivity index is 1.37. The van der Waals surface area contributed by atoms with E-state index in [4.69, 9.17) is 33.4 Å². The molecule has 2 aromatic carbocycles. The van der Waals surface area contributed by atoms with E-state index in [1.807, 2.05) is 71.0 Å². The number of aliphatic hydroxyl groups is 4.